The maximum atomic E-state index is 10.9. The Bertz CT molecular complexity index is 473. The van der Waals surface area contributed by atoms with Gasteiger partial charge in [0.15, 0.2) is 0 Å². The van der Waals surface area contributed by atoms with Crippen LogP contribution in [-0.4, -0.2) is 23.4 Å². The van der Waals surface area contributed by atoms with E-state index in [-0.39, 0.29) is 36.2 Å². The topological polar surface area (TPSA) is 124 Å². The summed E-state index contributed by atoms with van der Waals surface area (Å²) in [5.41, 5.74) is 5.51. The summed E-state index contributed by atoms with van der Waals surface area (Å²) in [5.74, 6) is 0. The minimum Gasteiger partial charge on any atom is -0.324 e. The number of non-ortho nitro benzene ring substituents is 1. The normalized spacial score (nSPS) is 10.9. The maximum absolute atomic E-state index is 10.9. The van der Waals surface area contributed by atoms with Crippen LogP contribution in [0.15, 0.2) is 18.2 Å². The molecule has 1 aromatic carbocycles. The van der Waals surface area contributed by atoms with Crippen molar-refractivity contribution in [2.45, 2.75) is 12.5 Å². The number of nitrogens with one attached hydrogen (secondary N) is 1. The predicted molar refractivity (Wildman–Crippen MR) is 79.7 cm³/mol. The zero-order chi connectivity index (χ0) is 13.7. The number of hydrogen-bond acceptors (Lipinski definition) is 6. The molecule has 10 heteroatoms. The number of hydrogen-bond donors (Lipinski definition) is 2. The second-order valence-electron chi connectivity index (χ2n) is 3.76. The lowest BCUT2D eigenvalue weighted by atomic mass is 10.0. The first-order chi connectivity index (χ1) is 8.47. The third-order valence-corrected chi connectivity index (χ3v) is 2.53. The summed E-state index contributed by atoms with van der Waals surface area (Å²) in [6, 6.07) is 2.98. The van der Waals surface area contributed by atoms with Crippen molar-refractivity contribution in [2.24, 2.45) is 5.73 Å². The van der Waals surface area contributed by atoms with E-state index in [0.29, 0.717) is 18.5 Å². The number of nitrogens with zero attached hydrogens (tertiary/aromatic N) is 2. The van der Waals surface area contributed by atoms with E-state index in [1.165, 1.54) is 12.1 Å². The van der Waals surface area contributed by atoms with Gasteiger partial charge in [0.2, 0.25) is 0 Å². The molecule has 3 N–H and O–H groups in total. The van der Waals surface area contributed by atoms with E-state index in [4.69, 9.17) is 5.73 Å². The zero-order valence-corrected chi connectivity index (χ0v) is 12.3. The van der Waals surface area contributed by atoms with Crippen LogP contribution in [0.2, 0.25) is 0 Å². The quantitative estimate of drug-likeness (QED) is 0.608. The Morgan fingerprint density at radius 2 is 1.85 bits per heavy atom. The number of halogens is 2. The fourth-order valence-electron chi connectivity index (χ4n) is 1.57. The fourth-order valence-corrected chi connectivity index (χ4v) is 1.57. The van der Waals surface area contributed by atoms with Crippen LogP contribution < -0.4 is 11.1 Å². The Balaban J connectivity index is 0. The summed E-state index contributed by atoms with van der Waals surface area (Å²) >= 11 is 0. The molecule has 1 atom stereocenters. The monoisotopic (exact) mass is 326 g/mol. The Morgan fingerprint density at radius 1 is 1.25 bits per heavy atom. The molecule has 114 valence electrons. The number of nitro groups is 2. The summed E-state index contributed by atoms with van der Waals surface area (Å²) < 4.78 is 0. The summed E-state index contributed by atoms with van der Waals surface area (Å²) in [6.07, 6.45) is 0.509. The van der Waals surface area contributed by atoms with Crippen molar-refractivity contribution in [3.05, 3.63) is 44.0 Å². The summed E-state index contributed by atoms with van der Waals surface area (Å²) in [6.45, 7) is 0.606. The SMILES string of the molecule is CNCCC(N)c1ccc([N+](=O)[O-])cc1[N+](=O)[O-].Cl.Cl. The van der Waals surface area contributed by atoms with E-state index in [1.807, 2.05) is 0 Å². The number of benzene rings is 1. The third kappa shape index (κ3) is 5.25. The van der Waals surface area contributed by atoms with Crippen molar-refractivity contribution in [2.75, 3.05) is 13.6 Å². The van der Waals surface area contributed by atoms with Gasteiger partial charge in [0.05, 0.1) is 15.9 Å². The first-order valence-electron chi connectivity index (χ1n) is 5.30. The van der Waals surface area contributed by atoms with E-state index in [0.717, 1.165) is 6.07 Å². The van der Waals surface area contributed by atoms with Crippen LogP contribution in [0.5, 0.6) is 0 Å². The fraction of sp³-hybridized carbons (Fsp3) is 0.400. The van der Waals surface area contributed by atoms with Gasteiger partial charge in [-0.05, 0) is 26.1 Å². The van der Waals surface area contributed by atoms with Gasteiger partial charge in [-0.2, -0.15) is 0 Å². The average molecular weight is 327 g/mol. The Hall–Kier alpha value is -1.48. The molecule has 1 aromatic rings. The molecule has 0 aromatic heterocycles. The van der Waals surface area contributed by atoms with Crippen LogP contribution in [0.3, 0.4) is 0 Å². The largest absolute Gasteiger partial charge is 0.324 e. The van der Waals surface area contributed by atoms with Gasteiger partial charge in [-0.15, -0.1) is 24.8 Å². The lowest BCUT2D eigenvalue weighted by Gasteiger charge is -2.11. The molecule has 0 aliphatic heterocycles. The zero-order valence-electron chi connectivity index (χ0n) is 10.6. The van der Waals surface area contributed by atoms with E-state index in [1.54, 1.807) is 7.05 Å². The van der Waals surface area contributed by atoms with Crippen molar-refractivity contribution in [3.63, 3.8) is 0 Å². The van der Waals surface area contributed by atoms with Crippen molar-refractivity contribution >= 4 is 36.2 Å². The molecule has 0 amide bonds. The van der Waals surface area contributed by atoms with E-state index in [2.05, 4.69) is 5.32 Å². The summed E-state index contributed by atoms with van der Waals surface area (Å²) in [7, 11) is 1.75. The van der Waals surface area contributed by atoms with Gasteiger partial charge in [0.1, 0.15) is 0 Å². The van der Waals surface area contributed by atoms with Crippen LogP contribution in [0.1, 0.15) is 18.0 Å². The summed E-state index contributed by atoms with van der Waals surface area (Å²) in [5, 5.41) is 24.3. The number of rotatable bonds is 6. The van der Waals surface area contributed by atoms with Gasteiger partial charge >= 0.3 is 0 Å². The number of nitro benzene ring substituents is 2. The minimum absolute atomic E-state index is 0. The lowest BCUT2D eigenvalue weighted by Crippen LogP contribution is -2.19. The molecule has 8 nitrogen and oxygen atoms in total. The molecule has 1 rings (SSSR count). The molecule has 0 heterocycles. The molecule has 1 unspecified atom stereocenters. The highest BCUT2D eigenvalue weighted by atomic mass is 35.5. The maximum Gasteiger partial charge on any atom is 0.281 e. The highest BCUT2D eigenvalue weighted by molar-refractivity contribution is 5.85. The van der Waals surface area contributed by atoms with Crippen molar-refractivity contribution in [1.82, 2.24) is 5.32 Å². The third-order valence-electron chi connectivity index (χ3n) is 2.53. The standard InChI is InChI=1S/C10H14N4O4.2ClH/c1-12-5-4-9(11)8-3-2-7(13(15)16)6-10(8)14(17)18;;/h2-3,6,9,12H,4-5,11H2,1H3;2*1H. The molecule has 0 saturated carbocycles. The average Bonchev–Trinajstić information content (AvgIpc) is 2.34. The van der Waals surface area contributed by atoms with Crippen molar-refractivity contribution in [3.8, 4) is 0 Å². The highest BCUT2D eigenvalue weighted by Gasteiger charge is 2.22. The second-order valence-corrected chi connectivity index (χ2v) is 3.76. The molecule has 0 saturated heterocycles. The molecule has 0 radical (unpaired) electrons. The first-order valence-corrected chi connectivity index (χ1v) is 5.30. The Kier molecular flexibility index (Phi) is 9.82. The molecular formula is C10H16Cl2N4O4. The number of nitrogens with two attached hydrogens (primary N) is 1. The molecule has 0 aliphatic carbocycles. The molecule has 20 heavy (non-hydrogen) atoms. The van der Waals surface area contributed by atoms with Crippen LogP contribution in [0.4, 0.5) is 11.4 Å². The smallest absolute Gasteiger partial charge is 0.281 e. The van der Waals surface area contributed by atoms with Crippen molar-refractivity contribution < 1.29 is 9.85 Å². The van der Waals surface area contributed by atoms with Crippen LogP contribution in [0.25, 0.3) is 0 Å². The molecule has 0 bridgehead atoms. The van der Waals surface area contributed by atoms with Gasteiger partial charge in [-0.25, -0.2) is 0 Å². The van der Waals surface area contributed by atoms with Crippen LogP contribution in [0, 0.1) is 20.2 Å². The van der Waals surface area contributed by atoms with Gasteiger partial charge in [-0.3, -0.25) is 20.2 Å². The Labute approximate surface area is 127 Å². The molecular weight excluding hydrogens is 311 g/mol. The molecule has 0 spiro atoms. The van der Waals surface area contributed by atoms with Gasteiger partial charge < -0.3 is 11.1 Å². The van der Waals surface area contributed by atoms with E-state index < -0.39 is 15.9 Å². The van der Waals surface area contributed by atoms with E-state index >= 15 is 0 Å². The van der Waals surface area contributed by atoms with Crippen molar-refractivity contribution in [1.29, 1.82) is 0 Å². The minimum atomic E-state index is -0.671. The van der Waals surface area contributed by atoms with Gasteiger partial charge in [0.25, 0.3) is 11.4 Å². The van der Waals surface area contributed by atoms with Crippen LogP contribution >= 0.6 is 24.8 Å². The predicted octanol–water partition coefficient (Wildman–Crippen LogP) is 1.96. The first kappa shape index (κ1) is 20.8. The molecule has 0 fully saturated rings. The second kappa shape index (κ2) is 9.43. The lowest BCUT2D eigenvalue weighted by molar-refractivity contribution is -0.394. The van der Waals surface area contributed by atoms with Gasteiger partial charge in [0, 0.05) is 17.7 Å². The van der Waals surface area contributed by atoms with E-state index in [9.17, 15) is 20.2 Å². The Morgan fingerprint density at radius 3 is 2.30 bits per heavy atom. The van der Waals surface area contributed by atoms with Gasteiger partial charge in [-0.1, -0.05) is 0 Å². The van der Waals surface area contributed by atoms with Crippen LogP contribution in [-0.2, 0) is 0 Å². The molecule has 0 aliphatic rings. The highest BCUT2D eigenvalue weighted by Crippen LogP contribution is 2.29. The summed E-state index contributed by atoms with van der Waals surface area (Å²) in [4.78, 5) is 20.1.